The summed E-state index contributed by atoms with van der Waals surface area (Å²) < 4.78 is 29.9. The fourth-order valence-corrected chi connectivity index (χ4v) is 13.5. The number of halogens is 3. The van der Waals surface area contributed by atoms with Crippen LogP contribution in [0.3, 0.4) is 0 Å². The van der Waals surface area contributed by atoms with Gasteiger partial charge in [-0.3, -0.25) is 19.4 Å². The number of rotatable bonds is 12. The first-order valence-electron chi connectivity index (χ1n) is 26.7. The van der Waals surface area contributed by atoms with E-state index in [4.69, 9.17) is 52.1 Å². The molecule has 0 N–H and O–H groups in total. The zero-order chi connectivity index (χ0) is 60.1. The monoisotopic (exact) mass is 1310 g/mol. The lowest BCUT2D eigenvalue weighted by molar-refractivity contribution is 0.0982. The van der Waals surface area contributed by atoms with Crippen molar-refractivity contribution in [1.82, 2.24) is 54.0 Å². The summed E-state index contributed by atoms with van der Waals surface area (Å²) in [7, 11) is 6.04. The van der Waals surface area contributed by atoms with Gasteiger partial charge in [0.15, 0.2) is 11.4 Å². The SMILES string of the molecule is Brc1ccc2ncsc2c1.COc1ncc(-c2nc3c(n2C(C)C)C(c2ccc(Cl)cc2)N(c2ccc4ncsc4c2)C3=O)c(OC)n1.COc1ncc(-c2nc3c(n2C(C)C)C(c2ccc(Cl)cc2)N(c2ccc4ncsc4c2)C3=O)c(OC)n1. The summed E-state index contributed by atoms with van der Waals surface area (Å²) in [5.41, 5.74) is 15.1. The highest BCUT2D eigenvalue weighted by Gasteiger charge is 2.47. The van der Waals surface area contributed by atoms with Gasteiger partial charge in [0.05, 0.1) is 98.1 Å². The van der Waals surface area contributed by atoms with Gasteiger partial charge in [0.1, 0.15) is 23.7 Å². The topological polar surface area (TPSA) is 203 Å². The van der Waals surface area contributed by atoms with Gasteiger partial charge in [-0.05, 0) is 118 Å². The van der Waals surface area contributed by atoms with Crippen LogP contribution in [0.4, 0.5) is 11.4 Å². The van der Waals surface area contributed by atoms with Gasteiger partial charge in [0, 0.05) is 50.4 Å². The Bertz CT molecular complexity index is 4280. The summed E-state index contributed by atoms with van der Waals surface area (Å²) in [5.74, 6) is 1.33. The molecular formula is C61H50BrCl2N13O6S3. The summed E-state index contributed by atoms with van der Waals surface area (Å²) >= 11 is 20.6. The molecule has 0 fully saturated rings. The third-order valence-corrected chi connectivity index (χ3v) is 17.7. The van der Waals surface area contributed by atoms with Crippen molar-refractivity contribution in [3.05, 3.63) is 180 Å². The summed E-state index contributed by atoms with van der Waals surface area (Å²) in [6.45, 7) is 8.21. The maximum absolute atomic E-state index is 14.1. The van der Waals surface area contributed by atoms with E-state index < -0.39 is 12.1 Å². The molecule has 5 aromatic carbocycles. The normalized spacial score (nSPS) is 14.4. The lowest BCUT2D eigenvalue weighted by Crippen LogP contribution is -2.30. The minimum Gasteiger partial charge on any atom is -0.480 e. The van der Waals surface area contributed by atoms with Crippen LogP contribution in [0.25, 0.3) is 53.4 Å². The third-order valence-electron chi connectivity index (χ3n) is 14.4. The lowest BCUT2D eigenvalue weighted by Gasteiger charge is -2.28. The fraction of sp³-hybridized carbons (Fsp3) is 0.197. The van der Waals surface area contributed by atoms with E-state index in [0.29, 0.717) is 56.0 Å². The molecule has 0 saturated carbocycles. The first-order chi connectivity index (χ1) is 41.7. The van der Waals surface area contributed by atoms with Crippen molar-refractivity contribution in [3.8, 4) is 46.6 Å². The van der Waals surface area contributed by atoms with Crippen LogP contribution in [-0.4, -0.2) is 94.2 Å². The Hall–Kier alpha value is -8.45. The summed E-state index contributed by atoms with van der Waals surface area (Å²) in [6, 6.07) is 32.3. The number of carbonyl (C=O) groups is 2. The van der Waals surface area contributed by atoms with Crippen LogP contribution in [-0.2, 0) is 0 Å². The number of carbonyl (C=O) groups excluding carboxylic acids is 2. The largest absolute Gasteiger partial charge is 0.480 e. The molecule has 86 heavy (non-hydrogen) atoms. The van der Waals surface area contributed by atoms with E-state index in [0.717, 1.165) is 64.3 Å². The highest BCUT2D eigenvalue weighted by molar-refractivity contribution is 9.10. The van der Waals surface area contributed by atoms with Crippen molar-refractivity contribution in [2.45, 2.75) is 51.9 Å². The predicted octanol–water partition coefficient (Wildman–Crippen LogP) is 15.0. The first-order valence-corrected chi connectivity index (χ1v) is 30.8. The van der Waals surface area contributed by atoms with Crippen molar-refractivity contribution in [1.29, 1.82) is 0 Å². The Balaban J connectivity index is 0.000000144. The van der Waals surface area contributed by atoms with E-state index in [1.807, 2.05) is 103 Å². The number of methoxy groups -OCH3 is 4. The van der Waals surface area contributed by atoms with Crippen LogP contribution in [0.2, 0.25) is 10.0 Å². The van der Waals surface area contributed by atoms with Crippen molar-refractivity contribution >= 4 is 127 Å². The average Bonchev–Trinajstić information content (AvgIpc) is 1.62. The number of thiazole rings is 3. The molecule has 2 atom stereocenters. The molecule has 0 aliphatic carbocycles. The Morgan fingerprint density at radius 3 is 1.24 bits per heavy atom. The Morgan fingerprint density at radius 1 is 0.488 bits per heavy atom. The Kier molecular flexibility index (Phi) is 16.3. The molecule has 0 spiro atoms. The van der Waals surface area contributed by atoms with E-state index in [-0.39, 0.29) is 35.9 Å². The summed E-state index contributed by atoms with van der Waals surface area (Å²) in [6.07, 6.45) is 3.22. The van der Waals surface area contributed by atoms with Gasteiger partial charge in [0.2, 0.25) is 11.8 Å². The van der Waals surface area contributed by atoms with Gasteiger partial charge in [0.25, 0.3) is 11.8 Å². The molecule has 25 heteroatoms. The molecule has 7 aromatic heterocycles. The van der Waals surface area contributed by atoms with Crippen molar-refractivity contribution < 1.29 is 28.5 Å². The van der Waals surface area contributed by atoms with E-state index in [1.165, 1.54) is 55.8 Å². The molecule has 434 valence electrons. The predicted molar refractivity (Wildman–Crippen MR) is 340 cm³/mol. The molecule has 2 unspecified atom stereocenters. The number of imidazole rings is 2. The third kappa shape index (κ3) is 10.7. The van der Waals surface area contributed by atoms with E-state index >= 15 is 0 Å². The van der Waals surface area contributed by atoms with Gasteiger partial charge in [-0.2, -0.15) is 9.97 Å². The number of ether oxygens (including phenoxy) is 4. The molecule has 0 saturated heterocycles. The number of nitrogens with zero attached hydrogens (tertiary/aromatic N) is 13. The Morgan fingerprint density at radius 2 is 0.872 bits per heavy atom. The number of fused-ring (bicyclic) bond motifs is 5. The van der Waals surface area contributed by atoms with E-state index in [9.17, 15) is 9.59 Å². The number of aromatic nitrogens is 11. The Labute approximate surface area is 523 Å². The highest BCUT2D eigenvalue weighted by Crippen LogP contribution is 2.48. The molecule has 19 nitrogen and oxygen atoms in total. The molecule has 0 radical (unpaired) electrons. The maximum atomic E-state index is 14.1. The minimum absolute atomic E-state index is 0.0421. The first kappa shape index (κ1) is 58.0. The molecule has 14 rings (SSSR count). The van der Waals surface area contributed by atoms with Crippen molar-refractivity contribution in [3.63, 3.8) is 0 Å². The summed E-state index contributed by atoms with van der Waals surface area (Å²) in [5, 5.41) is 1.24. The second kappa shape index (κ2) is 24.1. The molecule has 12 aromatic rings. The standard InChI is InChI=1S/2C27H23ClN6O3S.C7H4BrNS/c2*1-14(2)33-23-21(31-24(33)18-12-29-27(37-4)32-25(18)36-3)26(35)34(22(23)15-5-7-16(28)8-6-15)17-9-10-19-20(11-17)38-13-30-19;8-5-1-2-6-7(3-5)10-4-9-6/h2*5-14,22H,1-4H3;1-4H. The van der Waals surface area contributed by atoms with Crippen LogP contribution in [0.5, 0.6) is 23.8 Å². The molecule has 2 aliphatic rings. The van der Waals surface area contributed by atoms with Gasteiger partial charge in [-0.1, -0.05) is 63.4 Å². The quantitative estimate of drug-likeness (QED) is 0.112. The van der Waals surface area contributed by atoms with Gasteiger partial charge in [-0.25, -0.2) is 34.9 Å². The number of hydrogen-bond donors (Lipinski definition) is 0. The van der Waals surface area contributed by atoms with Crippen LogP contribution in [0.1, 0.15) is 95.4 Å². The second-order valence-corrected chi connectivity index (χ2v) is 24.5. The number of amides is 2. The van der Waals surface area contributed by atoms with Gasteiger partial charge < -0.3 is 28.1 Å². The van der Waals surface area contributed by atoms with Gasteiger partial charge >= 0.3 is 12.0 Å². The van der Waals surface area contributed by atoms with Gasteiger partial charge in [-0.15, -0.1) is 34.0 Å². The molecule has 2 aliphatic heterocycles. The van der Waals surface area contributed by atoms with Crippen LogP contribution in [0.15, 0.2) is 137 Å². The van der Waals surface area contributed by atoms with Crippen molar-refractivity contribution in [2.24, 2.45) is 0 Å². The molecule has 2 amide bonds. The lowest BCUT2D eigenvalue weighted by atomic mass is 10.0. The second-order valence-electron chi connectivity index (χ2n) is 20.1. The van der Waals surface area contributed by atoms with Crippen LogP contribution >= 0.6 is 73.1 Å². The van der Waals surface area contributed by atoms with Crippen molar-refractivity contribution in [2.75, 3.05) is 38.2 Å². The maximum Gasteiger partial charge on any atom is 0.319 e. The average molecular weight is 1310 g/mol. The van der Waals surface area contributed by atoms with E-state index in [1.54, 1.807) is 44.6 Å². The fourth-order valence-electron chi connectivity index (χ4n) is 10.6. The number of hydrogen-bond acceptors (Lipinski definition) is 18. The highest BCUT2D eigenvalue weighted by atomic mass is 79.9. The molecule has 0 bridgehead atoms. The summed E-state index contributed by atoms with van der Waals surface area (Å²) in [4.78, 5) is 71.8. The zero-order valence-corrected chi connectivity index (χ0v) is 52.7. The van der Waals surface area contributed by atoms with Crippen LogP contribution < -0.4 is 28.7 Å². The minimum atomic E-state index is -0.436. The molecule has 9 heterocycles. The number of benzene rings is 5. The van der Waals surface area contributed by atoms with Crippen LogP contribution in [0, 0.1) is 0 Å². The zero-order valence-electron chi connectivity index (χ0n) is 47.1. The smallest absolute Gasteiger partial charge is 0.319 e. The van der Waals surface area contributed by atoms with E-state index in [2.05, 4.69) is 93.7 Å². The number of anilines is 2. The molecular weight excluding hydrogens is 1260 g/mol.